The minimum atomic E-state index is -0.562. The third kappa shape index (κ3) is 1.72. The highest BCUT2D eigenvalue weighted by molar-refractivity contribution is 6.31. The van der Waals surface area contributed by atoms with E-state index in [1.54, 1.807) is 0 Å². The molecule has 5 heteroatoms. The molecule has 0 saturated carbocycles. The second-order valence-corrected chi connectivity index (χ2v) is 3.57. The molecule has 1 heterocycles. The lowest BCUT2D eigenvalue weighted by atomic mass is 10.1. The number of rotatable bonds is 1. The van der Waals surface area contributed by atoms with Gasteiger partial charge in [0.1, 0.15) is 5.52 Å². The predicted octanol–water partition coefficient (Wildman–Crippen LogP) is 2.81. The van der Waals surface area contributed by atoms with Gasteiger partial charge in [0.25, 0.3) is 0 Å². The normalized spacial score (nSPS) is 10.4. The molecule has 2 aromatic rings. The van der Waals surface area contributed by atoms with Crippen molar-refractivity contribution in [3.8, 4) is 0 Å². The van der Waals surface area contributed by atoms with Gasteiger partial charge in [-0.05, 0) is 18.2 Å². The summed E-state index contributed by atoms with van der Waals surface area (Å²) in [5.41, 5.74) is 0.348. The number of pyridine rings is 1. The Morgan fingerprint density at radius 3 is 2.94 bits per heavy atom. The third-order valence-corrected chi connectivity index (χ3v) is 2.39. The highest BCUT2D eigenvalue weighted by Crippen LogP contribution is 2.24. The lowest BCUT2D eigenvalue weighted by molar-refractivity contribution is 0.0603. The summed E-state index contributed by atoms with van der Waals surface area (Å²) in [6, 6.07) is 4.10. The summed E-state index contributed by atoms with van der Waals surface area (Å²) in [5.74, 6) is -1.11. The van der Waals surface area contributed by atoms with Crippen molar-refractivity contribution in [3.63, 3.8) is 0 Å². The fourth-order valence-electron chi connectivity index (χ4n) is 1.47. The van der Waals surface area contributed by atoms with Crippen molar-refractivity contribution < 1.29 is 13.9 Å². The molecule has 0 aliphatic heterocycles. The molecule has 82 valence electrons. The number of halogens is 2. The Bertz CT molecular complexity index is 571. The van der Waals surface area contributed by atoms with E-state index in [0.29, 0.717) is 5.39 Å². The maximum atomic E-state index is 13.5. The van der Waals surface area contributed by atoms with E-state index in [-0.39, 0.29) is 16.1 Å². The van der Waals surface area contributed by atoms with Crippen LogP contribution in [0.15, 0.2) is 24.4 Å². The van der Waals surface area contributed by atoms with Crippen LogP contribution in [0.5, 0.6) is 0 Å². The van der Waals surface area contributed by atoms with Crippen LogP contribution in [0, 0.1) is 5.82 Å². The van der Waals surface area contributed by atoms with Crippen LogP contribution < -0.4 is 0 Å². The Hall–Kier alpha value is -1.68. The smallest absolute Gasteiger partial charge is 0.338 e. The maximum absolute atomic E-state index is 13.5. The van der Waals surface area contributed by atoms with Gasteiger partial charge >= 0.3 is 5.97 Å². The van der Waals surface area contributed by atoms with Gasteiger partial charge < -0.3 is 4.74 Å². The van der Waals surface area contributed by atoms with E-state index in [4.69, 9.17) is 11.6 Å². The molecule has 0 atom stereocenters. The van der Waals surface area contributed by atoms with Gasteiger partial charge in [-0.15, -0.1) is 0 Å². The van der Waals surface area contributed by atoms with Gasteiger partial charge in [-0.3, -0.25) is 4.98 Å². The summed E-state index contributed by atoms with van der Waals surface area (Å²) >= 11 is 5.72. The average molecular weight is 240 g/mol. The SMILES string of the molecule is COC(=O)c1ccnc2c(F)cc(Cl)cc12. The fraction of sp³-hybridized carbons (Fsp3) is 0.0909. The van der Waals surface area contributed by atoms with Crippen LogP contribution in [-0.4, -0.2) is 18.1 Å². The van der Waals surface area contributed by atoms with Gasteiger partial charge in [0.05, 0.1) is 12.7 Å². The lowest BCUT2D eigenvalue weighted by Gasteiger charge is -2.05. The Morgan fingerprint density at radius 1 is 1.50 bits per heavy atom. The Morgan fingerprint density at radius 2 is 2.25 bits per heavy atom. The van der Waals surface area contributed by atoms with E-state index in [1.165, 1.54) is 25.4 Å². The highest BCUT2D eigenvalue weighted by Gasteiger charge is 2.13. The zero-order valence-electron chi connectivity index (χ0n) is 8.33. The number of carbonyl (C=O) groups excluding carboxylic acids is 1. The maximum Gasteiger partial charge on any atom is 0.338 e. The summed E-state index contributed by atoms with van der Waals surface area (Å²) in [5, 5.41) is 0.558. The molecular formula is C11H7ClFNO2. The van der Waals surface area contributed by atoms with Crippen molar-refractivity contribution in [1.29, 1.82) is 0 Å². The molecule has 0 fully saturated rings. The second kappa shape index (κ2) is 4.06. The number of benzene rings is 1. The Balaban J connectivity index is 2.81. The van der Waals surface area contributed by atoms with Crippen LogP contribution in [0.4, 0.5) is 4.39 Å². The molecule has 2 rings (SSSR count). The molecule has 0 amide bonds. The first-order chi connectivity index (χ1) is 7.63. The minimum Gasteiger partial charge on any atom is -0.465 e. The molecule has 16 heavy (non-hydrogen) atoms. The number of methoxy groups -OCH3 is 1. The standard InChI is InChI=1S/C11H7ClFNO2/c1-16-11(15)7-2-3-14-10-8(7)4-6(12)5-9(10)13/h2-5H,1H3. The largest absolute Gasteiger partial charge is 0.465 e. The molecule has 0 spiro atoms. The molecule has 0 N–H and O–H groups in total. The van der Waals surface area contributed by atoms with E-state index in [9.17, 15) is 9.18 Å². The molecule has 0 unspecified atom stereocenters. The van der Waals surface area contributed by atoms with E-state index in [0.717, 1.165) is 6.07 Å². The van der Waals surface area contributed by atoms with Crippen LogP contribution in [0.25, 0.3) is 10.9 Å². The molecular weight excluding hydrogens is 233 g/mol. The van der Waals surface area contributed by atoms with Gasteiger partial charge in [-0.1, -0.05) is 11.6 Å². The number of nitrogens with zero attached hydrogens (tertiary/aromatic N) is 1. The topological polar surface area (TPSA) is 39.2 Å². The molecule has 3 nitrogen and oxygen atoms in total. The number of esters is 1. The molecule has 0 aliphatic carbocycles. The van der Waals surface area contributed by atoms with Crippen molar-refractivity contribution in [2.24, 2.45) is 0 Å². The van der Waals surface area contributed by atoms with Crippen molar-refractivity contribution >= 4 is 28.5 Å². The first-order valence-electron chi connectivity index (χ1n) is 4.45. The molecule has 0 aliphatic rings. The fourth-order valence-corrected chi connectivity index (χ4v) is 1.67. The predicted molar refractivity (Wildman–Crippen MR) is 58.1 cm³/mol. The van der Waals surface area contributed by atoms with E-state index in [2.05, 4.69) is 9.72 Å². The van der Waals surface area contributed by atoms with Gasteiger partial charge in [-0.2, -0.15) is 0 Å². The van der Waals surface area contributed by atoms with Crippen LogP contribution in [0.1, 0.15) is 10.4 Å². The molecule has 0 radical (unpaired) electrons. The van der Waals surface area contributed by atoms with Gasteiger partial charge in [0.2, 0.25) is 0 Å². The number of ether oxygens (including phenoxy) is 1. The van der Waals surface area contributed by atoms with Crippen LogP contribution >= 0.6 is 11.6 Å². The first kappa shape index (κ1) is 10.8. The van der Waals surface area contributed by atoms with E-state index < -0.39 is 11.8 Å². The number of carbonyl (C=O) groups is 1. The monoisotopic (exact) mass is 239 g/mol. The van der Waals surface area contributed by atoms with Crippen LogP contribution in [0.2, 0.25) is 5.02 Å². The van der Waals surface area contributed by atoms with Crippen LogP contribution in [0.3, 0.4) is 0 Å². The summed E-state index contributed by atoms with van der Waals surface area (Å²) in [6.07, 6.45) is 1.35. The van der Waals surface area contributed by atoms with E-state index >= 15 is 0 Å². The molecule has 1 aromatic carbocycles. The summed E-state index contributed by atoms with van der Waals surface area (Å²) in [7, 11) is 1.26. The lowest BCUT2D eigenvalue weighted by Crippen LogP contribution is -2.03. The summed E-state index contributed by atoms with van der Waals surface area (Å²) < 4.78 is 18.1. The zero-order valence-corrected chi connectivity index (χ0v) is 9.08. The van der Waals surface area contributed by atoms with Crippen molar-refractivity contribution in [3.05, 3.63) is 40.8 Å². The molecule has 0 saturated heterocycles. The van der Waals surface area contributed by atoms with Gasteiger partial charge in [-0.25, -0.2) is 9.18 Å². The highest BCUT2D eigenvalue weighted by atomic mass is 35.5. The Labute approximate surface area is 95.8 Å². The van der Waals surface area contributed by atoms with Crippen molar-refractivity contribution in [2.45, 2.75) is 0 Å². The quantitative estimate of drug-likeness (QED) is 0.719. The first-order valence-corrected chi connectivity index (χ1v) is 4.83. The van der Waals surface area contributed by atoms with Crippen molar-refractivity contribution in [1.82, 2.24) is 4.98 Å². The van der Waals surface area contributed by atoms with Crippen LogP contribution in [-0.2, 0) is 4.74 Å². The zero-order chi connectivity index (χ0) is 11.7. The number of hydrogen-bond acceptors (Lipinski definition) is 3. The summed E-state index contributed by atoms with van der Waals surface area (Å²) in [4.78, 5) is 15.3. The van der Waals surface area contributed by atoms with Gasteiger partial charge in [0.15, 0.2) is 5.82 Å². The average Bonchev–Trinajstić information content (AvgIpc) is 2.27. The number of fused-ring (bicyclic) bond motifs is 1. The minimum absolute atomic E-state index is 0.104. The molecule has 0 bridgehead atoms. The number of aromatic nitrogens is 1. The van der Waals surface area contributed by atoms with Crippen molar-refractivity contribution in [2.75, 3.05) is 7.11 Å². The van der Waals surface area contributed by atoms with Gasteiger partial charge in [0, 0.05) is 16.6 Å². The second-order valence-electron chi connectivity index (χ2n) is 3.13. The number of hydrogen-bond donors (Lipinski definition) is 0. The Kier molecular flexibility index (Phi) is 2.75. The van der Waals surface area contributed by atoms with E-state index in [1.807, 2.05) is 0 Å². The summed E-state index contributed by atoms with van der Waals surface area (Å²) in [6.45, 7) is 0. The third-order valence-electron chi connectivity index (χ3n) is 2.17. The molecule has 1 aromatic heterocycles.